The second-order valence-electron chi connectivity index (χ2n) is 4.78. The van der Waals surface area contributed by atoms with Gasteiger partial charge in [0.25, 0.3) is 0 Å². The Morgan fingerprint density at radius 1 is 1.18 bits per heavy atom. The van der Waals surface area contributed by atoms with Crippen molar-refractivity contribution in [1.29, 1.82) is 0 Å². The highest BCUT2D eigenvalue weighted by Gasteiger charge is 2.20. The molecule has 0 N–H and O–H groups in total. The van der Waals surface area contributed by atoms with Crippen LogP contribution >= 0.6 is 0 Å². The highest BCUT2D eigenvalue weighted by molar-refractivity contribution is 5.73. The van der Waals surface area contributed by atoms with Gasteiger partial charge in [-0.15, -0.1) is 0 Å². The van der Waals surface area contributed by atoms with Crippen molar-refractivity contribution >= 4 is 5.82 Å². The van der Waals surface area contributed by atoms with Crippen molar-refractivity contribution in [1.82, 2.24) is 14.5 Å². The van der Waals surface area contributed by atoms with Crippen LogP contribution in [0.5, 0.6) is 0 Å². The summed E-state index contributed by atoms with van der Waals surface area (Å²) < 4.78 is 13.8. The van der Waals surface area contributed by atoms with Crippen molar-refractivity contribution < 1.29 is 4.39 Å². The van der Waals surface area contributed by atoms with E-state index in [9.17, 15) is 4.39 Å². The summed E-state index contributed by atoms with van der Waals surface area (Å²) in [6, 6.07) is 6.48. The van der Waals surface area contributed by atoms with E-state index in [1.165, 1.54) is 18.5 Å². The van der Waals surface area contributed by atoms with Crippen LogP contribution in [0.3, 0.4) is 0 Å². The van der Waals surface area contributed by atoms with E-state index in [2.05, 4.69) is 9.97 Å². The molecular formula is C13H15FN3+. The predicted molar refractivity (Wildman–Crippen MR) is 67.0 cm³/mol. The van der Waals surface area contributed by atoms with Gasteiger partial charge in [0.1, 0.15) is 12.1 Å². The summed E-state index contributed by atoms with van der Waals surface area (Å²) in [5.41, 5.74) is 1.66. The first-order chi connectivity index (χ1) is 7.98. The van der Waals surface area contributed by atoms with E-state index in [0.717, 1.165) is 16.9 Å². The zero-order valence-electron chi connectivity index (χ0n) is 10.2. The standard InChI is InChI=1S/C13H15FN3/c1-17(2,3)13-12(8-15-9-16-13)10-5-4-6-11(14)7-10/h4-9H,1-3H3/q+1. The summed E-state index contributed by atoms with van der Waals surface area (Å²) in [6.07, 6.45) is 3.24. The van der Waals surface area contributed by atoms with Crippen molar-refractivity contribution in [3.05, 3.63) is 42.6 Å². The molecule has 1 heterocycles. The molecule has 0 aliphatic carbocycles. The van der Waals surface area contributed by atoms with E-state index >= 15 is 0 Å². The van der Waals surface area contributed by atoms with Gasteiger partial charge in [-0.3, -0.25) is 4.48 Å². The van der Waals surface area contributed by atoms with E-state index in [1.54, 1.807) is 12.3 Å². The third-order valence-corrected chi connectivity index (χ3v) is 2.46. The van der Waals surface area contributed by atoms with E-state index in [0.29, 0.717) is 4.48 Å². The highest BCUT2D eigenvalue weighted by atomic mass is 19.1. The molecule has 4 heteroatoms. The van der Waals surface area contributed by atoms with Crippen LogP contribution in [-0.4, -0.2) is 31.1 Å². The molecule has 0 fully saturated rings. The summed E-state index contributed by atoms with van der Waals surface area (Å²) in [4.78, 5) is 8.32. The summed E-state index contributed by atoms with van der Waals surface area (Å²) >= 11 is 0. The molecule has 0 aliphatic rings. The van der Waals surface area contributed by atoms with Gasteiger partial charge in [0.2, 0.25) is 5.82 Å². The second-order valence-corrected chi connectivity index (χ2v) is 4.78. The number of nitrogens with zero attached hydrogens (tertiary/aromatic N) is 3. The number of rotatable bonds is 2. The summed E-state index contributed by atoms with van der Waals surface area (Å²) in [5, 5.41) is 0. The molecule has 2 rings (SSSR count). The Kier molecular flexibility index (Phi) is 2.90. The van der Waals surface area contributed by atoms with Gasteiger partial charge in [0, 0.05) is 6.20 Å². The van der Waals surface area contributed by atoms with Crippen LogP contribution in [0.2, 0.25) is 0 Å². The largest absolute Gasteiger partial charge is 0.281 e. The Labute approximate surface area is 100 Å². The molecule has 0 aliphatic heterocycles. The number of hydrogen-bond donors (Lipinski definition) is 0. The van der Waals surface area contributed by atoms with Crippen LogP contribution in [0.4, 0.5) is 10.2 Å². The maximum Gasteiger partial charge on any atom is 0.237 e. The van der Waals surface area contributed by atoms with Gasteiger partial charge in [-0.1, -0.05) is 12.1 Å². The SMILES string of the molecule is C[N+](C)(C)c1ncncc1-c1cccc(F)c1. The van der Waals surface area contributed by atoms with Gasteiger partial charge in [0.05, 0.1) is 26.7 Å². The van der Waals surface area contributed by atoms with Crippen LogP contribution in [0.1, 0.15) is 0 Å². The molecular weight excluding hydrogens is 217 g/mol. The first kappa shape index (κ1) is 11.7. The third kappa shape index (κ3) is 2.47. The molecule has 88 valence electrons. The van der Waals surface area contributed by atoms with Crippen LogP contribution in [0, 0.1) is 5.82 Å². The van der Waals surface area contributed by atoms with E-state index in [1.807, 2.05) is 27.2 Å². The van der Waals surface area contributed by atoms with Crippen LogP contribution in [0.25, 0.3) is 11.1 Å². The first-order valence-electron chi connectivity index (χ1n) is 5.36. The Morgan fingerprint density at radius 2 is 1.94 bits per heavy atom. The fraction of sp³-hybridized carbons (Fsp3) is 0.231. The molecule has 2 aromatic rings. The second kappa shape index (κ2) is 4.22. The topological polar surface area (TPSA) is 25.8 Å². The molecule has 0 bridgehead atoms. The lowest BCUT2D eigenvalue weighted by Crippen LogP contribution is -2.36. The molecule has 0 radical (unpaired) electrons. The lowest BCUT2D eigenvalue weighted by atomic mass is 10.1. The fourth-order valence-corrected chi connectivity index (χ4v) is 1.72. The molecule has 0 atom stereocenters. The average molecular weight is 232 g/mol. The van der Waals surface area contributed by atoms with E-state index in [4.69, 9.17) is 0 Å². The zero-order chi connectivity index (χ0) is 12.5. The first-order valence-corrected chi connectivity index (χ1v) is 5.36. The van der Waals surface area contributed by atoms with Crippen LogP contribution < -0.4 is 4.48 Å². The van der Waals surface area contributed by atoms with Gasteiger partial charge < -0.3 is 0 Å². The number of hydrogen-bond acceptors (Lipinski definition) is 2. The average Bonchev–Trinajstić information content (AvgIpc) is 2.28. The van der Waals surface area contributed by atoms with Crippen LogP contribution in [-0.2, 0) is 0 Å². The highest BCUT2D eigenvalue weighted by Crippen LogP contribution is 2.29. The Balaban J connectivity index is 2.60. The van der Waals surface area contributed by atoms with E-state index < -0.39 is 0 Å². The Bertz CT molecular complexity index is 532. The number of aromatic nitrogens is 2. The molecule has 17 heavy (non-hydrogen) atoms. The lowest BCUT2D eigenvalue weighted by Gasteiger charge is -2.23. The molecule has 1 aromatic carbocycles. The smallest absolute Gasteiger partial charge is 0.237 e. The van der Waals surface area contributed by atoms with Crippen molar-refractivity contribution in [3.63, 3.8) is 0 Å². The molecule has 0 saturated heterocycles. The molecule has 0 unspecified atom stereocenters. The zero-order valence-corrected chi connectivity index (χ0v) is 10.2. The molecule has 0 amide bonds. The summed E-state index contributed by atoms with van der Waals surface area (Å²) in [7, 11) is 6.06. The quantitative estimate of drug-likeness (QED) is 0.743. The minimum absolute atomic E-state index is 0.251. The number of quaternary nitrogens is 1. The molecule has 0 spiro atoms. The number of halogens is 1. The van der Waals surface area contributed by atoms with Crippen molar-refractivity contribution in [2.24, 2.45) is 0 Å². The lowest BCUT2D eigenvalue weighted by molar-refractivity contribution is 0.473. The van der Waals surface area contributed by atoms with Crippen molar-refractivity contribution in [3.8, 4) is 11.1 Å². The summed E-state index contributed by atoms with van der Waals surface area (Å²) in [5.74, 6) is 0.615. The van der Waals surface area contributed by atoms with Gasteiger partial charge >= 0.3 is 0 Å². The predicted octanol–water partition coefficient (Wildman–Crippen LogP) is 2.48. The molecule has 3 nitrogen and oxygen atoms in total. The third-order valence-electron chi connectivity index (χ3n) is 2.46. The molecule has 0 saturated carbocycles. The molecule has 1 aromatic heterocycles. The normalized spacial score (nSPS) is 11.5. The van der Waals surface area contributed by atoms with Gasteiger partial charge in [-0.2, -0.15) is 4.98 Å². The van der Waals surface area contributed by atoms with Crippen LogP contribution in [0.15, 0.2) is 36.8 Å². The monoisotopic (exact) mass is 232 g/mol. The van der Waals surface area contributed by atoms with Gasteiger partial charge in [0.15, 0.2) is 0 Å². The van der Waals surface area contributed by atoms with E-state index in [-0.39, 0.29) is 5.82 Å². The summed E-state index contributed by atoms with van der Waals surface area (Å²) in [6.45, 7) is 0. The Morgan fingerprint density at radius 3 is 2.59 bits per heavy atom. The minimum Gasteiger partial charge on any atom is -0.281 e. The van der Waals surface area contributed by atoms with Crippen molar-refractivity contribution in [2.75, 3.05) is 21.1 Å². The van der Waals surface area contributed by atoms with Gasteiger partial charge in [-0.05, 0) is 17.7 Å². The fourth-order valence-electron chi connectivity index (χ4n) is 1.72. The number of benzene rings is 1. The van der Waals surface area contributed by atoms with Crippen molar-refractivity contribution in [2.45, 2.75) is 0 Å². The Hall–Kier alpha value is -1.81. The minimum atomic E-state index is -0.251. The maximum atomic E-state index is 13.2. The van der Waals surface area contributed by atoms with Gasteiger partial charge in [-0.25, -0.2) is 9.37 Å². The maximum absolute atomic E-state index is 13.2.